The van der Waals surface area contributed by atoms with Crippen molar-refractivity contribution in [3.63, 3.8) is 0 Å². The van der Waals surface area contributed by atoms with E-state index in [0.717, 1.165) is 30.5 Å². The lowest BCUT2D eigenvalue weighted by Gasteiger charge is -2.05. The van der Waals surface area contributed by atoms with Crippen LogP contribution in [-0.2, 0) is 21.1 Å². The zero-order valence-electron chi connectivity index (χ0n) is 11.6. The van der Waals surface area contributed by atoms with Crippen LogP contribution in [-0.4, -0.2) is 32.9 Å². The van der Waals surface area contributed by atoms with Crippen molar-refractivity contribution in [2.75, 3.05) is 18.6 Å². The number of sulfone groups is 1. The predicted octanol–water partition coefficient (Wildman–Crippen LogP) is 2.21. The molecule has 0 aliphatic rings. The fourth-order valence-electron chi connectivity index (χ4n) is 1.70. The molecule has 0 fully saturated rings. The van der Waals surface area contributed by atoms with Gasteiger partial charge in [0.25, 0.3) is 0 Å². The quantitative estimate of drug-likeness (QED) is 0.748. The molecule has 0 spiro atoms. The number of hydrogen-bond acceptors (Lipinski definition) is 3. The van der Waals surface area contributed by atoms with E-state index >= 15 is 0 Å². The molecule has 0 heterocycles. The number of amides is 1. The van der Waals surface area contributed by atoms with E-state index in [9.17, 15) is 13.2 Å². The minimum atomic E-state index is -3.07. The second kappa shape index (κ2) is 8.27. The fraction of sp³-hybridized carbons (Fsp3) is 0.500. The number of aryl methyl sites for hydroxylation is 1. The summed E-state index contributed by atoms with van der Waals surface area (Å²) in [5.41, 5.74) is 1.22. The zero-order valence-corrected chi connectivity index (χ0v) is 13.1. The van der Waals surface area contributed by atoms with Crippen LogP contribution >= 0.6 is 11.6 Å². The number of rotatable bonds is 8. The zero-order chi connectivity index (χ0) is 15.0. The van der Waals surface area contributed by atoms with Crippen LogP contribution in [0.15, 0.2) is 24.3 Å². The molecule has 1 rings (SSSR count). The summed E-state index contributed by atoms with van der Waals surface area (Å²) in [5.74, 6) is -0.300. The second-order valence-corrected chi connectivity index (χ2v) is 7.51. The Hall–Kier alpha value is -1.07. The molecule has 1 aromatic rings. The third kappa shape index (κ3) is 8.17. The Morgan fingerprint density at radius 1 is 1.20 bits per heavy atom. The van der Waals surface area contributed by atoms with Crippen molar-refractivity contribution in [2.24, 2.45) is 0 Å². The van der Waals surface area contributed by atoms with Gasteiger partial charge in [-0.05, 0) is 37.0 Å². The molecular weight excluding hydrogens is 298 g/mol. The molecule has 6 heteroatoms. The highest BCUT2D eigenvalue weighted by Crippen LogP contribution is 2.11. The van der Waals surface area contributed by atoms with Crippen LogP contribution in [0.4, 0.5) is 0 Å². The molecule has 1 amide bonds. The van der Waals surface area contributed by atoms with Crippen LogP contribution in [0.3, 0.4) is 0 Å². The van der Waals surface area contributed by atoms with Gasteiger partial charge in [-0.25, -0.2) is 8.42 Å². The highest BCUT2D eigenvalue weighted by atomic mass is 35.5. The molecule has 1 N–H and O–H groups in total. The highest BCUT2D eigenvalue weighted by Gasteiger charge is 2.07. The first-order valence-electron chi connectivity index (χ1n) is 6.56. The van der Waals surface area contributed by atoms with Gasteiger partial charge in [-0.1, -0.05) is 23.7 Å². The largest absolute Gasteiger partial charge is 0.356 e. The number of nitrogens with one attached hydrogen (secondary N) is 1. The van der Waals surface area contributed by atoms with E-state index < -0.39 is 9.84 Å². The van der Waals surface area contributed by atoms with E-state index in [-0.39, 0.29) is 18.1 Å². The van der Waals surface area contributed by atoms with E-state index in [4.69, 9.17) is 11.6 Å². The molecule has 20 heavy (non-hydrogen) atoms. The van der Waals surface area contributed by atoms with Gasteiger partial charge >= 0.3 is 0 Å². The lowest BCUT2D eigenvalue weighted by Crippen LogP contribution is -2.26. The topological polar surface area (TPSA) is 63.2 Å². The van der Waals surface area contributed by atoms with E-state index in [2.05, 4.69) is 5.32 Å². The smallest absolute Gasteiger partial charge is 0.221 e. The minimum absolute atomic E-state index is 0.0377. The number of halogens is 1. The van der Waals surface area contributed by atoms with Gasteiger partial charge in [0.2, 0.25) is 5.91 Å². The summed E-state index contributed by atoms with van der Waals surface area (Å²) in [6, 6.07) is 7.72. The number of hydrogen-bond donors (Lipinski definition) is 1. The standard InChI is InChI=1S/C14H20ClNO3S/c1-20(18,19)11-9-14(17)16-10-3-2-4-12-5-7-13(15)8-6-12/h5-8H,2-4,9-11H2,1H3,(H,16,17). The first-order valence-corrected chi connectivity index (χ1v) is 8.99. The Morgan fingerprint density at radius 3 is 2.45 bits per heavy atom. The van der Waals surface area contributed by atoms with Crippen LogP contribution in [0.1, 0.15) is 24.8 Å². The Labute approximate surface area is 125 Å². The van der Waals surface area contributed by atoms with Crippen molar-refractivity contribution in [1.29, 1.82) is 0 Å². The monoisotopic (exact) mass is 317 g/mol. The van der Waals surface area contributed by atoms with Gasteiger partial charge in [0.05, 0.1) is 5.75 Å². The molecule has 0 aromatic heterocycles. The predicted molar refractivity (Wildman–Crippen MR) is 81.7 cm³/mol. The molecule has 1 aromatic carbocycles. The maximum absolute atomic E-state index is 11.4. The average Bonchev–Trinajstić information content (AvgIpc) is 2.37. The minimum Gasteiger partial charge on any atom is -0.356 e. The van der Waals surface area contributed by atoms with Gasteiger partial charge in [0, 0.05) is 24.2 Å². The molecule has 0 unspecified atom stereocenters. The van der Waals surface area contributed by atoms with Gasteiger partial charge in [-0.3, -0.25) is 4.79 Å². The lowest BCUT2D eigenvalue weighted by molar-refractivity contribution is -0.120. The molecule has 4 nitrogen and oxygen atoms in total. The van der Waals surface area contributed by atoms with Crippen LogP contribution in [0.5, 0.6) is 0 Å². The number of benzene rings is 1. The first kappa shape index (κ1) is 17.0. The van der Waals surface area contributed by atoms with Crippen molar-refractivity contribution in [3.8, 4) is 0 Å². The van der Waals surface area contributed by atoms with Crippen molar-refractivity contribution >= 4 is 27.3 Å². The molecule has 0 bridgehead atoms. The third-order valence-corrected chi connectivity index (χ3v) is 4.03. The summed E-state index contributed by atoms with van der Waals surface area (Å²) in [6.07, 6.45) is 3.94. The molecule has 0 atom stereocenters. The van der Waals surface area contributed by atoms with E-state index in [0.29, 0.717) is 6.54 Å². The summed E-state index contributed by atoms with van der Waals surface area (Å²) in [6.45, 7) is 0.580. The molecule has 0 saturated heterocycles. The number of unbranched alkanes of at least 4 members (excludes halogenated alkanes) is 1. The van der Waals surface area contributed by atoms with Crippen LogP contribution in [0.2, 0.25) is 5.02 Å². The summed E-state index contributed by atoms with van der Waals surface area (Å²) in [4.78, 5) is 11.4. The normalized spacial score (nSPS) is 11.3. The first-order chi connectivity index (χ1) is 9.37. The second-order valence-electron chi connectivity index (χ2n) is 4.81. The van der Waals surface area contributed by atoms with E-state index in [1.54, 1.807) is 0 Å². The van der Waals surface area contributed by atoms with Crippen molar-refractivity contribution < 1.29 is 13.2 Å². The van der Waals surface area contributed by atoms with Crippen LogP contribution in [0, 0.1) is 0 Å². The Morgan fingerprint density at radius 2 is 1.85 bits per heavy atom. The Kier molecular flexibility index (Phi) is 7.02. The molecule has 112 valence electrons. The van der Waals surface area contributed by atoms with Gasteiger partial charge < -0.3 is 5.32 Å². The van der Waals surface area contributed by atoms with Crippen molar-refractivity contribution in [2.45, 2.75) is 25.7 Å². The molecule has 0 saturated carbocycles. The summed E-state index contributed by atoms with van der Waals surface area (Å²) in [5, 5.41) is 3.45. The van der Waals surface area contributed by atoms with Crippen molar-refractivity contribution in [3.05, 3.63) is 34.9 Å². The maximum Gasteiger partial charge on any atom is 0.221 e. The lowest BCUT2D eigenvalue weighted by atomic mass is 10.1. The van der Waals surface area contributed by atoms with Gasteiger partial charge in [0.1, 0.15) is 9.84 Å². The summed E-state index contributed by atoms with van der Waals surface area (Å²) >= 11 is 5.80. The van der Waals surface area contributed by atoms with Gasteiger partial charge in [-0.2, -0.15) is 0 Å². The Bertz CT molecular complexity index is 526. The third-order valence-electron chi connectivity index (χ3n) is 2.83. The highest BCUT2D eigenvalue weighted by molar-refractivity contribution is 7.90. The summed E-state index contributed by atoms with van der Waals surface area (Å²) in [7, 11) is -3.07. The van der Waals surface area contributed by atoms with Gasteiger partial charge in [0.15, 0.2) is 0 Å². The average molecular weight is 318 g/mol. The van der Waals surface area contributed by atoms with Gasteiger partial charge in [-0.15, -0.1) is 0 Å². The van der Waals surface area contributed by atoms with E-state index in [1.807, 2.05) is 24.3 Å². The number of carbonyl (C=O) groups excluding carboxylic acids is 1. The summed E-state index contributed by atoms with van der Waals surface area (Å²) < 4.78 is 21.8. The Balaban J connectivity index is 2.10. The fourth-order valence-corrected chi connectivity index (χ4v) is 2.38. The maximum atomic E-state index is 11.4. The van der Waals surface area contributed by atoms with Crippen LogP contribution in [0.25, 0.3) is 0 Å². The molecular formula is C14H20ClNO3S. The molecule has 0 radical (unpaired) electrons. The SMILES string of the molecule is CS(=O)(=O)CCC(=O)NCCCCc1ccc(Cl)cc1. The van der Waals surface area contributed by atoms with Crippen LogP contribution < -0.4 is 5.32 Å². The molecule has 0 aliphatic carbocycles. The molecule has 0 aliphatic heterocycles. The van der Waals surface area contributed by atoms with Crippen molar-refractivity contribution in [1.82, 2.24) is 5.32 Å². The van der Waals surface area contributed by atoms with E-state index in [1.165, 1.54) is 5.56 Å². The number of carbonyl (C=O) groups is 1.